The lowest BCUT2D eigenvalue weighted by atomic mass is 10.1. The predicted molar refractivity (Wildman–Crippen MR) is 51.5 cm³/mol. The third-order valence-electron chi connectivity index (χ3n) is 1.73. The Hall–Kier alpha value is -2.02. The molecule has 0 amide bonds. The van der Waals surface area contributed by atoms with Crippen LogP contribution < -0.4 is 4.74 Å². The van der Waals surface area contributed by atoms with E-state index in [2.05, 4.69) is 5.16 Å². The number of hydrogen-bond acceptors (Lipinski definition) is 4. The molecule has 0 radical (unpaired) electrons. The maximum atomic E-state index is 8.51. The van der Waals surface area contributed by atoms with Gasteiger partial charge in [0.1, 0.15) is 11.8 Å². The Morgan fingerprint density at radius 3 is 2.64 bits per heavy atom. The minimum absolute atomic E-state index is 0.0341. The lowest BCUT2D eigenvalue weighted by Gasteiger charge is -2.02. The smallest absolute Gasteiger partial charge is 0.174 e. The molecule has 1 aromatic carbocycles. The van der Waals surface area contributed by atoms with Crippen molar-refractivity contribution in [2.45, 2.75) is 6.92 Å². The van der Waals surface area contributed by atoms with Gasteiger partial charge in [-0.1, -0.05) is 5.16 Å². The van der Waals surface area contributed by atoms with Crippen molar-refractivity contribution >= 4 is 5.71 Å². The van der Waals surface area contributed by atoms with Crippen LogP contribution in [0.3, 0.4) is 0 Å². The molecule has 0 spiro atoms. The van der Waals surface area contributed by atoms with Crippen LogP contribution in [-0.4, -0.2) is 17.5 Å². The lowest BCUT2D eigenvalue weighted by molar-refractivity contribution is 0.319. The van der Waals surface area contributed by atoms with E-state index in [4.69, 9.17) is 15.2 Å². The van der Waals surface area contributed by atoms with Crippen molar-refractivity contribution in [3.8, 4) is 11.8 Å². The number of nitrogens with zero attached hydrogens (tertiary/aromatic N) is 2. The van der Waals surface area contributed by atoms with E-state index in [0.29, 0.717) is 11.5 Å². The maximum absolute atomic E-state index is 8.51. The summed E-state index contributed by atoms with van der Waals surface area (Å²) in [5.74, 6) is 0.626. The van der Waals surface area contributed by atoms with Crippen LogP contribution in [0.1, 0.15) is 12.5 Å². The van der Waals surface area contributed by atoms with Crippen molar-refractivity contribution < 1.29 is 9.94 Å². The molecule has 0 unspecified atom stereocenters. The number of ether oxygens (including phenoxy) is 1. The average Bonchev–Trinajstić information content (AvgIpc) is 2.26. The second kappa shape index (κ2) is 4.87. The van der Waals surface area contributed by atoms with Crippen LogP contribution in [0, 0.1) is 11.3 Å². The van der Waals surface area contributed by atoms with Crippen LogP contribution in [-0.2, 0) is 0 Å². The highest BCUT2D eigenvalue weighted by Gasteiger charge is 1.98. The number of hydrogen-bond donors (Lipinski definition) is 1. The van der Waals surface area contributed by atoms with Crippen LogP contribution >= 0.6 is 0 Å². The number of rotatable bonds is 3. The van der Waals surface area contributed by atoms with Gasteiger partial charge in [-0.3, -0.25) is 0 Å². The van der Waals surface area contributed by atoms with Gasteiger partial charge in [0.2, 0.25) is 0 Å². The molecule has 0 atom stereocenters. The molecule has 0 heterocycles. The highest BCUT2D eigenvalue weighted by Crippen LogP contribution is 2.12. The van der Waals surface area contributed by atoms with Crippen molar-refractivity contribution in [2.75, 3.05) is 6.61 Å². The predicted octanol–water partition coefficient (Wildman–Crippen LogP) is 1.79. The van der Waals surface area contributed by atoms with Crippen LogP contribution in [0.25, 0.3) is 0 Å². The summed E-state index contributed by atoms with van der Waals surface area (Å²) in [4.78, 5) is 0. The van der Waals surface area contributed by atoms with Gasteiger partial charge in [0.05, 0.1) is 5.71 Å². The summed E-state index contributed by atoms with van der Waals surface area (Å²) in [7, 11) is 0. The second-order valence-corrected chi connectivity index (χ2v) is 2.66. The topological polar surface area (TPSA) is 65.6 Å². The summed E-state index contributed by atoms with van der Waals surface area (Å²) in [5, 5.41) is 19.9. The molecule has 0 aliphatic heterocycles. The quantitative estimate of drug-likeness (QED) is 0.449. The first-order valence-corrected chi connectivity index (χ1v) is 4.06. The molecule has 1 N–H and O–H groups in total. The molecule has 72 valence electrons. The summed E-state index contributed by atoms with van der Waals surface area (Å²) in [6, 6.07) is 8.86. The van der Waals surface area contributed by atoms with Crippen LogP contribution in [0.4, 0.5) is 0 Å². The molecule has 14 heavy (non-hydrogen) atoms. The standard InChI is InChI=1S/C10H10N2O2/c1-8(12-13)9-2-4-10(5-3-9)14-7-6-11/h2-5,13H,7H2,1H3/b12-8+. The number of oxime groups is 1. The van der Waals surface area contributed by atoms with Crippen molar-refractivity contribution in [3.63, 3.8) is 0 Å². The highest BCUT2D eigenvalue weighted by atomic mass is 16.5. The molecule has 4 nitrogen and oxygen atoms in total. The van der Waals surface area contributed by atoms with Gasteiger partial charge in [0, 0.05) is 0 Å². The molecule has 1 aromatic rings. The third kappa shape index (κ3) is 2.49. The highest BCUT2D eigenvalue weighted by molar-refractivity contribution is 5.98. The monoisotopic (exact) mass is 190 g/mol. The molecule has 0 saturated carbocycles. The van der Waals surface area contributed by atoms with E-state index in [1.165, 1.54) is 0 Å². The van der Waals surface area contributed by atoms with Crippen LogP contribution in [0.15, 0.2) is 29.4 Å². The molecule has 0 fully saturated rings. The zero-order valence-electron chi connectivity index (χ0n) is 7.77. The first kappa shape index (κ1) is 10.1. The van der Waals surface area contributed by atoms with Crippen molar-refractivity contribution in [1.29, 1.82) is 5.26 Å². The maximum Gasteiger partial charge on any atom is 0.174 e. The van der Waals surface area contributed by atoms with E-state index >= 15 is 0 Å². The van der Waals surface area contributed by atoms with Gasteiger partial charge in [-0.25, -0.2) is 0 Å². The van der Waals surface area contributed by atoms with E-state index in [0.717, 1.165) is 5.56 Å². The fourth-order valence-corrected chi connectivity index (χ4v) is 0.966. The van der Waals surface area contributed by atoms with E-state index in [9.17, 15) is 0 Å². The normalized spacial score (nSPS) is 10.7. The average molecular weight is 190 g/mol. The second-order valence-electron chi connectivity index (χ2n) is 2.66. The van der Waals surface area contributed by atoms with Gasteiger partial charge >= 0.3 is 0 Å². The van der Waals surface area contributed by atoms with Gasteiger partial charge in [-0.05, 0) is 36.8 Å². The summed E-state index contributed by atoms with van der Waals surface area (Å²) in [6.07, 6.45) is 0. The Balaban J connectivity index is 2.74. The fourth-order valence-electron chi connectivity index (χ4n) is 0.966. The van der Waals surface area contributed by atoms with Crippen molar-refractivity contribution in [2.24, 2.45) is 5.16 Å². The van der Waals surface area contributed by atoms with E-state index in [1.807, 2.05) is 6.07 Å². The van der Waals surface area contributed by atoms with Gasteiger partial charge in [-0.15, -0.1) is 0 Å². The molecule has 4 heteroatoms. The molecule has 1 rings (SSSR count). The first-order chi connectivity index (χ1) is 6.77. The minimum atomic E-state index is 0.0341. The minimum Gasteiger partial charge on any atom is -0.479 e. The lowest BCUT2D eigenvalue weighted by Crippen LogP contribution is -1.96. The van der Waals surface area contributed by atoms with Crippen molar-refractivity contribution in [3.05, 3.63) is 29.8 Å². The van der Waals surface area contributed by atoms with Crippen LogP contribution in [0.5, 0.6) is 5.75 Å². The number of nitriles is 1. The van der Waals surface area contributed by atoms with E-state index in [1.54, 1.807) is 31.2 Å². The van der Waals surface area contributed by atoms with Gasteiger partial charge < -0.3 is 9.94 Å². The Morgan fingerprint density at radius 2 is 2.14 bits per heavy atom. The Labute approximate surface area is 82.0 Å². The molecule has 0 saturated heterocycles. The first-order valence-electron chi connectivity index (χ1n) is 4.06. The largest absolute Gasteiger partial charge is 0.479 e. The Kier molecular flexibility index (Phi) is 3.50. The van der Waals surface area contributed by atoms with Crippen molar-refractivity contribution in [1.82, 2.24) is 0 Å². The molecular weight excluding hydrogens is 180 g/mol. The molecular formula is C10H10N2O2. The third-order valence-corrected chi connectivity index (χ3v) is 1.73. The Morgan fingerprint density at radius 1 is 1.50 bits per heavy atom. The van der Waals surface area contributed by atoms with E-state index in [-0.39, 0.29) is 6.61 Å². The number of benzene rings is 1. The van der Waals surface area contributed by atoms with E-state index < -0.39 is 0 Å². The summed E-state index contributed by atoms with van der Waals surface area (Å²) in [5.41, 5.74) is 1.36. The van der Waals surface area contributed by atoms with Gasteiger partial charge in [0.25, 0.3) is 0 Å². The zero-order chi connectivity index (χ0) is 10.4. The molecule has 0 aliphatic rings. The fraction of sp³-hybridized carbons (Fsp3) is 0.200. The summed E-state index contributed by atoms with van der Waals surface area (Å²) >= 11 is 0. The van der Waals surface area contributed by atoms with Gasteiger partial charge in [0.15, 0.2) is 6.61 Å². The Bertz CT molecular complexity index is 363. The molecule has 0 bridgehead atoms. The molecule has 0 aliphatic carbocycles. The SMILES string of the molecule is C/C(=N\O)c1ccc(OCC#N)cc1. The molecule has 0 aromatic heterocycles. The van der Waals surface area contributed by atoms with Gasteiger partial charge in [-0.2, -0.15) is 5.26 Å². The van der Waals surface area contributed by atoms with Crippen LogP contribution in [0.2, 0.25) is 0 Å². The summed E-state index contributed by atoms with van der Waals surface area (Å²) < 4.78 is 5.06. The zero-order valence-corrected chi connectivity index (χ0v) is 7.77. The summed E-state index contributed by atoms with van der Waals surface area (Å²) in [6.45, 7) is 1.73.